The molecule has 1 fully saturated rings. The molecule has 0 aromatic heterocycles. The molecule has 31 heavy (non-hydrogen) atoms. The van der Waals surface area contributed by atoms with E-state index in [-0.39, 0.29) is 17.9 Å². The van der Waals surface area contributed by atoms with Crippen molar-refractivity contribution in [3.05, 3.63) is 95.6 Å². The van der Waals surface area contributed by atoms with E-state index in [0.29, 0.717) is 17.9 Å². The average Bonchev–Trinajstić information content (AvgIpc) is 3.33. The lowest BCUT2D eigenvalue weighted by Crippen LogP contribution is -2.31. The summed E-state index contributed by atoms with van der Waals surface area (Å²) < 4.78 is 10.9. The molecule has 1 aliphatic rings. The van der Waals surface area contributed by atoms with E-state index >= 15 is 0 Å². The highest BCUT2D eigenvalue weighted by Crippen LogP contribution is 2.38. The Bertz CT molecular complexity index is 964. The van der Waals surface area contributed by atoms with Crippen LogP contribution in [0.2, 0.25) is 0 Å². The molecule has 1 heterocycles. The predicted molar refractivity (Wildman–Crippen MR) is 123 cm³/mol. The van der Waals surface area contributed by atoms with Crippen molar-refractivity contribution in [2.24, 2.45) is 0 Å². The summed E-state index contributed by atoms with van der Waals surface area (Å²) in [4.78, 5) is 15.6. The zero-order chi connectivity index (χ0) is 21.6. The fourth-order valence-electron chi connectivity index (χ4n) is 4.56. The summed E-state index contributed by atoms with van der Waals surface area (Å²) in [6.07, 6.45) is 2.42. The summed E-state index contributed by atoms with van der Waals surface area (Å²) in [5.41, 5.74) is 3.44. The van der Waals surface area contributed by atoms with Gasteiger partial charge < -0.3 is 14.4 Å². The van der Waals surface area contributed by atoms with Crippen molar-refractivity contribution >= 4 is 5.91 Å². The lowest BCUT2D eigenvalue weighted by atomic mass is 9.88. The minimum atomic E-state index is 0.0431. The Morgan fingerprint density at radius 3 is 2.10 bits per heavy atom. The highest BCUT2D eigenvalue weighted by molar-refractivity contribution is 5.78. The number of nitrogens with zero attached hydrogens (tertiary/aromatic N) is 1. The molecule has 1 amide bonds. The fraction of sp³-hybridized carbons (Fsp3) is 0.296. The molecule has 4 rings (SSSR count). The minimum Gasteiger partial charge on any atom is -0.493 e. The van der Waals surface area contributed by atoms with Crippen LogP contribution >= 0.6 is 0 Å². The number of amides is 1. The van der Waals surface area contributed by atoms with Crippen LogP contribution in [0.25, 0.3) is 0 Å². The Labute approximate surface area is 184 Å². The number of hydrogen-bond acceptors (Lipinski definition) is 3. The first kappa shape index (κ1) is 21.0. The maximum Gasteiger partial charge on any atom is 0.224 e. The van der Waals surface area contributed by atoms with E-state index in [9.17, 15) is 4.79 Å². The van der Waals surface area contributed by atoms with Crippen LogP contribution in [0.1, 0.15) is 47.9 Å². The molecule has 3 aromatic carbocycles. The first-order chi connectivity index (χ1) is 15.2. The van der Waals surface area contributed by atoms with Crippen LogP contribution in [0.3, 0.4) is 0 Å². The maximum atomic E-state index is 13.5. The number of rotatable bonds is 7. The molecule has 3 aromatic rings. The predicted octanol–water partition coefficient (Wildman–Crippen LogP) is 5.59. The summed E-state index contributed by atoms with van der Waals surface area (Å²) in [5, 5.41) is 0. The summed E-state index contributed by atoms with van der Waals surface area (Å²) in [6, 6.07) is 26.7. The number of likely N-dealkylation sites (tertiary alicyclic amines) is 1. The van der Waals surface area contributed by atoms with Gasteiger partial charge in [0.1, 0.15) is 0 Å². The van der Waals surface area contributed by atoms with Crippen LogP contribution in [-0.2, 0) is 4.79 Å². The Kier molecular flexibility index (Phi) is 6.56. The summed E-state index contributed by atoms with van der Waals surface area (Å²) in [5.74, 6) is 1.64. The second-order valence-corrected chi connectivity index (χ2v) is 7.94. The van der Waals surface area contributed by atoms with Crippen LogP contribution in [0, 0.1) is 0 Å². The van der Waals surface area contributed by atoms with Gasteiger partial charge in [0, 0.05) is 18.9 Å². The molecule has 0 spiro atoms. The third-order valence-corrected chi connectivity index (χ3v) is 6.15. The second-order valence-electron chi connectivity index (χ2n) is 7.94. The number of benzene rings is 3. The molecule has 4 heteroatoms. The first-order valence-corrected chi connectivity index (χ1v) is 10.8. The minimum absolute atomic E-state index is 0.0431. The van der Waals surface area contributed by atoms with E-state index in [1.807, 2.05) is 59.5 Å². The third-order valence-electron chi connectivity index (χ3n) is 6.15. The van der Waals surface area contributed by atoms with Gasteiger partial charge in [-0.25, -0.2) is 0 Å². The zero-order valence-corrected chi connectivity index (χ0v) is 18.2. The first-order valence-electron chi connectivity index (χ1n) is 10.8. The molecule has 1 unspecified atom stereocenters. The molecule has 0 bridgehead atoms. The average molecular weight is 416 g/mol. The molecule has 1 aliphatic heterocycles. The lowest BCUT2D eigenvalue weighted by molar-refractivity contribution is -0.132. The second kappa shape index (κ2) is 9.69. The normalized spacial score (nSPS) is 15.8. The van der Waals surface area contributed by atoms with Gasteiger partial charge in [0.15, 0.2) is 11.5 Å². The van der Waals surface area contributed by atoms with Crippen molar-refractivity contribution in [1.82, 2.24) is 4.90 Å². The highest BCUT2D eigenvalue weighted by Gasteiger charge is 2.32. The number of hydrogen-bond donors (Lipinski definition) is 0. The van der Waals surface area contributed by atoms with Crippen molar-refractivity contribution in [3.63, 3.8) is 0 Å². The van der Waals surface area contributed by atoms with Gasteiger partial charge in [-0.3, -0.25) is 4.79 Å². The fourth-order valence-corrected chi connectivity index (χ4v) is 4.56. The van der Waals surface area contributed by atoms with Crippen molar-refractivity contribution in [1.29, 1.82) is 0 Å². The number of ether oxygens (including phenoxy) is 2. The molecule has 0 N–H and O–H groups in total. The van der Waals surface area contributed by atoms with Gasteiger partial charge in [0.25, 0.3) is 0 Å². The Morgan fingerprint density at radius 1 is 0.903 bits per heavy atom. The molecule has 1 atom stereocenters. The molecular weight excluding hydrogens is 386 g/mol. The van der Waals surface area contributed by atoms with Gasteiger partial charge in [-0.05, 0) is 41.7 Å². The van der Waals surface area contributed by atoms with Crippen molar-refractivity contribution in [3.8, 4) is 11.5 Å². The number of carbonyl (C=O) groups excluding carboxylic acids is 1. The van der Waals surface area contributed by atoms with Crippen LogP contribution in [0.5, 0.6) is 11.5 Å². The van der Waals surface area contributed by atoms with Crippen LogP contribution in [0.15, 0.2) is 78.9 Å². The van der Waals surface area contributed by atoms with E-state index in [2.05, 4.69) is 24.3 Å². The zero-order valence-electron chi connectivity index (χ0n) is 18.2. The van der Waals surface area contributed by atoms with Crippen molar-refractivity contribution < 1.29 is 14.3 Å². The van der Waals surface area contributed by atoms with Gasteiger partial charge in [-0.2, -0.15) is 0 Å². The van der Waals surface area contributed by atoms with E-state index in [1.54, 1.807) is 14.2 Å². The molecule has 0 radical (unpaired) electrons. The molecular formula is C27H29NO3. The standard InChI is InChI=1S/C27H29NO3/c1-30-25-16-15-22(18-26(25)31-2)24-14-9-17-28(24)27(29)19-23(20-10-5-3-6-11-20)21-12-7-4-8-13-21/h3-8,10-13,15-16,18,23-24H,9,14,17,19H2,1-2H3. The largest absolute Gasteiger partial charge is 0.493 e. The number of methoxy groups -OCH3 is 2. The summed E-state index contributed by atoms with van der Waals surface area (Å²) in [6.45, 7) is 0.786. The van der Waals surface area contributed by atoms with Gasteiger partial charge in [0.05, 0.1) is 20.3 Å². The monoisotopic (exact) mass is 415 g/mol. The van der Waals surface area contributed by atoms with Gasteiger partial charge in [0.2, 0.25) is 5.91 Å². The van der Waals surface area contributed by atoms with Gasteiger partial charge in [-0.15, -0.1) is 0 Å². The summed E-state index contributed by atoms with van der Waals surface area (Å²) in [7, 11) is 3.28. The van der Waals surface area contributed by atoms with E-state index < -0.39 is 0 Å². The van der Waals surface area contributed by atoms with Crippen LogP contribution in [0.4, 0.5) is 0 Å². The van der Waals surface area contributed by atoms with Gasteiger partial charge >= 0.3 is 0 Å². The van der Waals surface area contributed by atoms with Crippen molar-refractivity contribution in [2.75, 3.05) is 20.8 Å². The molecule has 1 saturated heterocycles. The molecule has 0 aliphatic carbocycles. The van der Waals surface area contributed by atoms with E-state index in [4.69, 9.17) is 9.47 Å². The third kappa shape index (κ3) is 4.58. The van der Waals surface area contributed by atoms with Crippen LogP contribution < -0.4 is 9.47 Å². The van der Waals surface area contributed by atoms with Gasteiger partial charge in [-0.1, -0.05) is 66.7 Å². The van der Waals surface area contributed by atoms with E-state index in [0.717, 1.165) is 24.9 Å². The highest BCUT2D eigenvalue weighted by atomic mass is 16.5. The molecule has 160 valence electrons. The van der Waals surface area contributed by atoms with Crippen molar-refractivity contribution in [2.45, 2.75) is 31.2 Å². The quantitative estimate of drug-likeness (QED) is 0.505. The molecule has 4 nitrogen and oxygen atoms in total. The maximum absolute atomic E-state index is 13.5. The number of carbonyl (C=O) groups is 1. The van der Waals surface area contributed by atoms with E-state index in [1.165, 1.54) is 11.1 Å². The summed E-state index contributed by atoms with van der Waals surface area (Å²) >= 11 is 0. The topological polar surface area (TPSA) is 38.8 Å². The SMILES string of the molecule is COc1ccc(C2CCCN2C(=O)CC(c2ccccc2)c2ccccc2)cc1OC. The van der Waals surface area contributed by atoms with Crippen LogP contribution in [-0.4, -0.2) is 31.6 Å². The smallest absolute Gasteiger partial charge is 0.224 e. The lowest BCUT2D eigenvalue weighted by Gasteiger charge is -2.28. The Morgan fingerprint density at radius 2 is 1.52 bits per heavy atom. The molecule has 0 saturated carbocycles. The Hall–Kier alpha value is -3.27. The Balaban J connectivity index is 1.59.